The zero-order valence-electron chi connectivity index (χ0n) is 18.3. The average molecular weight is 458 g/mol. The van der Waals surface area contributed by atoms with Crippen LogP contribution in [0.4, 0.5) is 10.1 Å². The van der Waals surface area contributed by atoms with Gasteiger partial charge in [0, 0.05) is 41.0 Å². The first-order valence-electron chi connectivity index (χ1n) is 11.0. The number of aromatic amines is 1. The largest absolute Gasteiger partial charge is 0.486 e. The number of nitrogens with zero attached hydrogens (tertiary/aromatic N) is 1. The standard InChI is InChI=1S/C26H23FN4O3/c27-19-5-3-4-17(14-19)25(32)31-26(30-20-8-9-23-24(15-20)34-13-12-33-23)28-11-10-18-16-29-22-7-2-1-6-21(18)22/h1-9,14-16,29H,10-13H2,(H2,28,30,31,32). The topological polar surface area (TPSA) is 87.7 Å². The SMILES string of the molecule is O=C(NC(=NCCc1c[nH]c2ccccc12)Nc1ccc2c(c1)OCCO2)c1cccc(F)c1. The van der Waals surface area contributed by atoms with E-state index in [9.17, 15) is 9.18 Å². The van der Waals surface area contributed by atoms with Crippen LogP contribution in [0.1, 0.15) is 15.9 Å². The van der Waals surface area contributed by atoms with Crippen LogP contribution in [0.5, 0.6) is 11.5 Å². The lowest BCUT2D eigenvalue weighted by atomic mass is 10.1. The van der Waals surface area contributed by atoms with E-state index in [1.165, 1.54) is 18.2 Å². The van der Waals surface area contributed by atoms with E-state index in [-0.39, 0.29) is 11.5 Å². The average Bonchev–Trinajstić information content (AvgIpc) is 3.27. The number of carbonyl (C=O) groups is 1. The number of halogens is 1. The molecule has 7 nitrogen and oxygen atoms in total. The van der Waals surface area contributed by atoms with E-state index in [2.05, 4.69) is 26.7 Å². The normalized spacial score (nSPS) is 13.0. The first-order valence-corrected chi connectivity index (χ1v) is 11.0. The van der Waals surface area contributed by atoms with Gasteiger partial charge < -0.3 is 19.8 Å². The predicted molar refractivity (Wildman–Crippen MR) is 129 cm³/mol. The van der Waals surface area contributed by atoms with E-state index in [0.717, 1.165) is 16.5 Å². The van der Waals surface area contributed by atoms with Gasteiger partial charge in [-0.05, 0) is 48.4 Å². The number of H-pyrrole nitrogens is 1. The first-order chi connectivity index (χ1) is 16.7. The van der Waals surface area contributed by atoms with Crippen LogP contribution in [-0.4, -0.2) is 36.6 Å². The monoisotopic (exact) mass is 458 g/mol. The van der Waals surface area contributed by atoms with Crippen molar-refractivity contribution in [3.05, 3.63) is 89.9 Å². The number of aliphatic imine (C=N–C) groups is 1. The number of hydrogen-bond donors (Lipinski definition) is 3. The number of carbonyl (C=O) groups excluding carboxylic acids is 1. The van der Waals surface area contributed by atoms with Crippen LogP contribution in [0.25, 0.3) is 10.9 Å². The molecule has 0 saturated carbocycles. The van der Waals surface area contributed by atoms with Crippen LogP contribution < -0.4 is 20.1 Å². The molecular weight excluding hydrogens is 435 g/mol. The van der Waals surface area contributed by atoms with Crippen molar-refractivity contribution in [1.29, 1.82) is 0 Å². The van der Waals surface area contributed by atoms with Gasteiger partial charge in [0.05, 0.1) is 0 Å². The Bertz CT molecular complexity index is 1370. The maximum Gasteiger partial charge on any atom is 0.258 e. The van der Waals surface area contributed by atoms with Gasteiger partial charge in [-0.25, -0.2) is 4.39 Å². The summed E-state index contributed by atoms with van der Waals surface area (Å²) >= 11 is 0. The minimum absolute atomic E-state index is 0.202. The number of aromatic nitrogens is 1. The van der Waals surface area contributed by atoms with Crippen molar-refractivity contribution in [1.82, 2.24) is 10.3 Å². The number of rotatable bonds is 5. The molecule has 1 aliphatic rings. The van der Waals surface area contributed by atoms with Crippen molar-refractivity contribution in [2.24, 2.45) is 4.99 Å². The molecule has 3 N–H and O–H groups in total. The number of ether oxygens (including phenoxy) is 2. The molecule has 0 atom stereocenters. The Morgan fingerprint density at radius 2 is 1.85 bits per heavy atom. The summed E-state index contributed by atoms with van der Waals surface area (Å²) in [5.74, 6) is 0.593. The van der Waals surface area contributed by atoms with Crippen molar-refractivity contribution >= 4 is 28.5 Å². The number of benzene rings is 3. The maximum atomic E-state index is 13.6. The lowest BCUT2D eigenvalue weighted by molar-refractivity contribution is 0.0976. The Morgan fingerprint density at radius 1 is 1.00 bits per heavy atom. The van der Waals surface area contributed by atoms with Crippen LogP contribution in [0.3, 0.4) is 0 Å². The molecule has 0 bridgehead atoms. The Kier molecular flexibility index (Phi) is 6.11. The lowest BCUT2D eigenvalue weighted by Gasteiger charge is -2.19. The third-order valence-electron chi connectivity index (χ3n) is 5.45. The molecule has 5 rings (SSSR count). The molecule has 0 spiro atoms. The highest BCUT2D eigenvalue weighted by molar-refractivity contribution is 6.10. The predicted octanol–water partition coefficient (Wildman–Crippen LogP) is 4.52. The molecule has 1 aliphatic heterocycles. The molecule has 0 radical (unpaired) electrons. The van der Waals surface area contributed by atoms with Crippen LogP contribution in [0, 0.1) is 5.82 Å². The van der Waals surface area contributed by atoms with Crippen LogP contribution in [-0.2, 0) is 6.42 Å². The van der Waals surface area contributed by atoms with Gasteiger partial charge in [-0.15, -0.1) is 0 Å². The highest BCUT2D eigenvalue weighted by Crippen LogP contribution is 2.32. The fraction of sp³-hybridized carbons (Fsp3) is 0.154. The number of amides is 1. The van der Waals surface area contributed by atoms with Crippen LogP contribution in [0.15, 0.2) is 77.9 Å². The molecule has 1 amide bonds. The summed E-state index contributed by atoms with van der Waals surface area (Å²) in [6.45, 7) is 1.40. The molecule has 0 saturated heterocycles. The third kappa shape index (κ3) is 4.85. The number of guanidine groups is 1. The molecule has 1 aromatic heterocycles. The number of fused-ring (bicyclic) bond motifs is 2. The second-order valence-corrected chi connectivity index (χ2v) is 7.79. The highest BCUT2D eigenvalue weighted by Gasteiger charge is 2.14. The van der Waals surface area contributed by atoms with Gasteiger partial charge in [0.15, 0.2) is 11.5 Å². The van der Waals surface area contributed by atoms with Crippen molar-refractivity contribution in [3.63, 3.8) is 0 Å². The van der Waals surface area contributed by atoms with E-state index in [1.807, 2.05) is 30.5 Å². The van der Waals surface area contributed by atoms with Gasteiger partial charge in [0.2, 0.25) is 5.96 Å². The number of anilines is 1. The zero-order chi connectivity index (χ0) is 23.3. The van der Waals surface area contributed by atoms with Crippen LogP contribution >= 0.6 is 0 Å². The van der Waals surface area contributed by atoms with Crippen molar-refractivity contribution in [3.8, 4) is 11.5 Å². The number of hydrogen-bond acceptors (Lipinski definition) is 4. The Morgan fingerprint density at radius 3 is 2.74 bits per heavy atom. The van der Waals surface area contributed by atoms with Crippen molar-refractivity contribution < 1.29 is 18.7 Å². The van der Waals surface area contributed by atoms with Gasteiger partial charge in [0.25, 0.3) is 5.91 Å². The Labute approximate surface area is 195 Å². The summed E-state index contributed by atoms with van der Waals surface area (Å²) in [4.78, 5) is 20.6. The van der Waals surface area contributed by atoms with Crippen molar-refractivity contribution in [2.75, 3.05) is 25.1 Å². The summed E-state index contributed by atoms with van der Waals surface area (Å²) in [6, 6.07) is 19.0. The Hall–Kier alpha value is -4.33. The van der Waals surface area contributed by atoms with E-state index in [4.69, 9.17) is 9.47 Å². The van der Waals surface area contributed by atoms with Gasteiger partial charge >= 0.3 is 0 Å². The summed E-state index contributed by atoms with van der Waals surface area (Å²) in [6.07, 6.45) is 2.64. The van der Waals surface area contributed by atoms with Crippen LogP contribution in [0.2, 0.25) is 0 Å². The quantitative estimate of drug-likeness (QED) is 0.303. The maximum absolute atomic E-state index is 13.6. The third-order valence-corrected chi connectivity index (χ3v) is 5.45. The Balaban J connectivity index is 1.36. The molecule has 4 aromatic rings. The summed E-state index contributed by atoms with van der Waals surface area (Å²) in [5.41, 5.74) is 3.08. The highest BCUT2D eigenvalue weighted by atomic mass is 19.1. The van der Waals surface area contributed by atoms with Gasteiger partial charge in [-0.3, -0.25) is 15.1 Å². The zero-order valence-corrected chi connectivity index (χ0v) is 18.3. The van der Waals surface area contributed by atoms with E-state index >= 15 is 0 Å². The van der Waals surface area contributed by atoms with Gasteiger partial charge in [-0.1, -0.05) is 24.3 Å². The van der Waals surface area contributed by atoms with Crippen molar-refractivity contribution in [2.45, 2.75) is 6.42 Å². The fourth-order valence-corrected chi connectivity index (χ4v) is 3.80. The molecule has 0 fully saturated rings. The summed E-state index contributed by atoms with van der Waals surface area (Å²) < 4.78 is 24.8. The molecule has 2 heterocycles. The molecule has 3 aromatic carbocycles. The fourth-order valence-electron chi connectivity index (χ4n) is 3.80. The minimum Gasteiger partial charge on any atom is -0.486 e. The first kappa shape index (κ1) is 21.5. The molecule has 0 unspecified atom stereocenters. The summed E-state index contributed by atoms with van der Waals surface area (Å²) in [7, 11) is 0. The smallest absolute Gasteiger partial charge is 0.258 e. The molecular formula is C26H23FN4O3. The lowest BCUT2D eigenvalue weighted by Crippen LogP contribution is -2.36. The minimum atomic E-state index is -0.481. The summed E-state index contributed by atoms with van der Waals surface area (Å²) in [5, 5.41) is 7.04. The van der Waals surface area contributed by atoms with Gasteiger partial charge in [0.1, 0.15) is 19.0 Å². The van der Waals surface area contributed by atoms with Gasteiger partial charge in [-0.2, -0.15) is 0 Å². The molecule has 34 heavy (non-hydrogen) atoms. The van der Waals surface area contributed by atoms with E-state index < -0.39 is 11.7 Å². The van der Waals surface area contributed by atoms with E-state index in [0.29, 0.717) is 43.4 Å². The molecule has 172 valence electrons. The second kappa shape index (κ2) is 9.66. The second-order valence-electron chi connectivity index (χ2n) is 7.79. The molecule has 0 aliphatic carbocycles. The number of nitrogens with one attached hydrogen (secondary N) is 3. The number of para-hydroxylation sites is 1. The van der Waals surface area contributed by atoms with E-state index in [1.54, 1.807) is 18.2 Å². The molecule has 8 heteroatoms.